The number of hydrogen-bond donors (Lipinski definition) is 2. The molecule has 5 heteroatoms. The minimum atomic E-state index is -0.118. The Morgan fingerprint density at radius 2 is 1.54 bits per heavy atom. The van der Waals surface area contributed by atoms with Crippen LogP contribution in [-0.4, -0.2) is 36.5 Å². The standard InChI is InChI=1S/C23H29N3O2/c1-23(2,19-9-5-3-6-10-19)17-24-21(27)18-13-15-26(16-14-18)22(28)25-20-11-7-4-8-12-20/h3-12,18H,13-17H2,1-2H3,(H,24,27)(H,25,28). The Bertz CT molecular complexity index is 782. The molecule has 2 aromatic rings. The molecule has 0 unspecified atom stereocenters. The number of likely N-dealkylation sites (tertiary alicyclic amines) is 1. The first-order chi connectivity index (χ1) is 13.5. The van der Waals surface area contributed by atoms with Crippen molar-refractivity contribution in [1.29, 1.82) is 0 Å². The molecule has 1 heterocycles. The lowest BCUT2D eigenvalue weighted by Gasteiger charge is -2.32. The number of benzene rings is 2. The minimum absolute atomic E-state index is 0.0349. The molecule has 5 nitrogen and oxygen atoms in total. The molecular formula is C23H29N3O2. The molecule has 0 atom stereocenters. The third kappa shape index (κ3) is 5.12. The Balaban J connectivity index is 1.45. The Kier molecular flexibility index (Phi) is 6.34. The highest BCUT2D eigenvalue weighted by Gasteiger charge is 2.29. The van der Waals surface area contributed by atoms with Gasteiger partial charge in [-0.3, -0.25) is 4.79 Å². The van der Waals surface area contributed by atoms with Crippen LogP contribution in [0.5, 0.6) is 0 Å². The molecule has 148 valence electrons. The highest BCUT2D eigenvalue weighted by Crippen LogP contribution is 2.23. The molecule has 28 heavy (non-hydrogen) atoms. The van der Waals surface area contributed by atoms with Crippen LogP contribution in [0.4, 0.5) is 10.5 Å². The zero-order chi connectivity index (χ0) is 20.0. The second-order valence-electron chi connectivity index (χ2n) is 8.03. The molecule has 2 aromatic carbocycles. The van der Waals surface area contributed by atoms with Gasteiger partial charge in [-0.1, -0.05) is 62.4 Å². The average Bonchev–Trinajstić information content (AvgIpc) is 2.73. The van der Waals surface area contributed by atoms with Gasteiger partial charge in [0, 0.05) is 36.7 Å². The molecule has 2 N–H and O–H groups in total. The largest absolute Gasteiger partial charge is 0.355 e. The van der Waals surface area contributed by atoms with Crippen molar-refractivity contribution >= 4 is 17.6 Å². The van der Waals surface area contributed by atoms with E-state index < -0.39 is 0 Å². The van der Waals surface area contributed by atoms with Crippen LogP contribution in [0.1, 0.15) is 32.3 Å². The number of nitrogens with one attached hydrogen (secondary N) is 2. The van der Waals surface area contributed by atoms with Gasteiger partial charge in [-0.2, -0.15) is 0 Å². The van der Waals surface area contributed by atoms with Crippen molar-refractivity contribution in [1.82, 2.24) is 10.2 Å². The summed E-state index contributed by atoms with van der Waals surface area (Å²) < 4.78 is 0. The van der Waals surface area contributed by atoms with E-state index >= 15 is 0 Å². The van der Waals surface area contributed by atoms with Gasteiger partial charge in [0.05, 0.1) is 0 Å². The van der Waals surface area contributed by atoms with Crippen molar-refractivity contribution in [2.24, 2.45) is 5.92 Å². The maximum Gasteiger partial charge on any atom is 0.321 e. The third-order valence-corrected chi connectivity index (χ3v) is 5.44. The van der Waals surface area contributed by atoms with Crippen molar-refractivity contribution in [3.8, 4) is 0 Å². The van der Waals surface area contributed by atoms with Crippen molar-refractivity contribution in [2.45, 2.75) is 32.1 Å². The fraction of sp³-hybridized carbons (Fsp3) is 0.391. The van der Waals surface area contributed by atoms with Crippen LogP contribution in [-0.2, 0) is 10.2 Å². The van der Waals surface area contributed by atoms with Crippen molar-refractivity contribution in [2.75, 3.05) is 25.0 Å². The van der Waals surface area contributed by atoms with E-state index in [-0.39, 0.29) is 23.3 Å². The predicted octanol–water partition coefficient (Wildman–Crippen LogP) is 4.02. The summed E-state index contributed by atoms with van der Waals surface area (Å²) in [6.07, 6.45) is 1.39. The Hall–Kier alpha value is -2.82. The van der Waals surface area contributed by atoms with E-state index in [1.165, 1.54) is 5.56 Å². The van der Waals surface area contributed by atoms with Gasteiger partial charge in [0.15, 0.2) is 0 Å². The number of carbonyl (C=O) groups is 2. The zero-order valence-corrected chi connectivity index (χ0v) is 16.7. The smallest absolute Gasteiger partial charge is 0.321 e. The monoisotopic (exact) mass is 379 g/mol. The van der Waals surface area contributed by atoms with Crippen molar-refractivity contribution < 1.29 is 9.59 Å². The molecule has 3 amide bonds. The molecule has 0 bridgehead atoms. The summed E-state index contributed by atoms with van der Waals surface area (Å²) in [4.78, 5) is 26.8. The summed E-state index contributed by atoms with van der Waals surface area (Å²) in [5.41, 5.74) is 1.88. The van der Waals surface area contributed by atoms with Gasteiger partial charge in [-0.25, -0.2) is 4.79 Å². The predicted molar refractivity (Wildman–Crippen MR) is 112 cm³/mol. The van der Waals surface area contributed by atoms with Gasteiger partial charge in [-0.15, -0.1) is 0 Å². The van der Waals surface area contributed by atoms with Crippen LogP contribution in [0.3, 0.4) is 0 Å². The molecule has 1 aliphatic rings. The fourth-order valence-electron chi connectivity index (χ4n) is 3.51. The highest BCUT2D eigenvalue weighted by atomic mass is 16.2. The first kappa shape index (κ1) is 19.9. The van der Waals surface area contributed by atoms with Gasteiger partial charge < -0.3 is 15.5 Å². The van der Waals surface area contributed by atoms with Crippen LogP contribution in [0.15, 0.2) is 60.7 Å². The van der Waals surface area contributed by atoms with E-state index in [9.17, 15) is 9.59 Å². The van der Waals surface area contributed by atoms with E-state index in [1.54, 1.807) is 4.90 Å². The van der Waals surface area contributed by atoms with Gasteiger partial charge in [0.2, 0.25) is 5.91 Å². The Morgan fingerprint density at radius 1 is 0.964 bits per heavy atom. The SMILES string of the molecule is CC(C)(CNC(=O)C1CCN(C(=O)Nc2ccccc2)CC1)c1ccccc1. The summed E-state index contributed by atoms with van der Waals surface area (Å²) in [5, 5.41) is 6.02. The number of amides is 3. The highest BCUT2D eigenvalue weighted by molar-refractivity contribution is 5.89. The van der Waals surface area contributed by atoms with Crippen LogP contribution in [0.25, 0.3) is 0 Å². The molecule has 1 fully saturated rings. The molecule has 0 aliphatic carbocycles. The van der Waals surface area contributed by atoms with E-state index in [1.807, 2.05) is 48.5 Å². The summed E-state index contributed by atoms with van der Waals surface area (Å²) >= 11 is 0. The van der Waals surface area contributed by atoms with Crippen LogP contribution < -0.4 is 10.6 Å². The maximum absolute atomic E-state index is 12.6. The first-order valence-corrected chi connectivity index (χ1v) is 9.90. The molecule has 0 spiro atoms. The summed E-state index contributed by atoms with van der Waals surface area (Å²) in [6, 6.07) is 19.6. The molecule has 1 saturated heterocycles. The number of rotatable bonds is 5. The van der Waals surface area contributed by atoms with E-state index in [4.69, 9.17) is 0 Å². The fourth-order valence-corrected chi connectivity index (χ4v) is 3.51. The second-order valence-corrected chi connectivity index (χ2v) is 8.03. The molecular weight excluding hydrogens is 350 g/mol. The molecule has 0 aromatic heterocycles. The van der Waals surface area contributed by atoms with Gasteiger partial charge >= 0.3 is 6.03 Å². The molecule has 3 rings (SSSR count). The summed E-state index contributed by atoms with van der Waals surface area (Å²) in [7, 11) is 0. The summed E-state index contributed by atoms with van der Waals surface area (Å²) in [5.74, 6) is 0.0551. The minimum Gasteiger partial charge on any atom is -0.355 e. The molecule has 0 radical (unpaired) electrons. The lowest BCUT2D eigenvalue weighted by atomic mass is 9.84. The quantitative estimate of drug-likeness (QED) is 0.824. The lowest BCUT2D eigenvalue weighted by Crippen LogP contribution is -2.46. The number of piperidine rings is 1. The van der Waals surface area contributed by atoms with Crippen molar-refractivity contribution in [3.63, 3.8) is 0 Å². The van der Waals surface area contributed by atoms with Crippen molar-refractivity contribution in [3.05, 3.63) is 66.2 Å². The Morgan fingerprint density at radius 3 is 2.14 bits per heavy atom. The van der Waals surface area contributed by atoms with Crippen LogP contribution in [0, 0.1) is 5.92 Å². The van der Waals surface area contributed by atoms with Crippen LogP contribution in [0.2, 0.25) is 0 Å². The van der Waals surface area contributed by atoms with Gasteiger partial charge in [0.1, 0.15) is 0 Å². The number of carbonyl (C=O) groups excluding carboxylic acids is 2. The molecule has 0 saturated carbocycles. The molecule has 1 aliphatic heterocycles. The number of nitrogens with zero attached hydrogens (tertiary/aromatic N) is 1. The van der Waals surface area contributed by atoms with E-state index in [0.717, 1.165) is 5.69 Å². The average molecular weight is 380 g/mol. The maximum atomic E-state index is 12.6. The number of hydrogen-bond acceptors (Lipinski definition) is 2. The summed E-state index contributed by atoms with van der Waals surface area (Å²) in [6.45, 7) is 6.07. The number of urea groups is 1. The van der Waals surface area contributed by atoms with E-state index in [0.29, 0.717) is 32.5 Å². The normalized spacial score (nSPS) is 15.1. The zero-order valence-electron chi connectivity index (χ0n) is 16.7. The number of para-hydroxylation sites is 1. The van der Waals surface area contributed by atoms with Crippen LogP contribution >= 0.6 is 0 Å². The van der Waals surface area contributed by atoms with E-state index in [2.05, 4.69) is 36.6 Å². The third-order valence-electron chi connectivity index (χ3n) is 5.44. The topological polar surface area (TPSA) is 61.4 Å². The van der Waals surface area contributed by atoms with Gasteiger partial charge in [-0.05, 0) is 30.5 Å². The first-order valence-electron chi connectivity index (χ1n) is 9.90. The lowest BCUT2D eigenvalue weighted by molar-refractivity contribution is -0.126. The Labute approximate surface area is 167 Å². The van der Waals surface area contributed by atoms with Gasteiger partial charge in [0.25, 0.3) is 0 Å². The number of anilines is 1. The second kappa shape index (κ2) is 8.91.